The Morgan fingerprint density at radius 1 is 1.10 bits per heavy atom. The summed E-state index contributed by atoms with van der Waals surface area (Å²) in [7, 11) is 1.63. The number of aliphatic hydroxyl groups excluding tert-OH is 1. The lowest BCUT2D eigenvalue weighted by Crippen LogP contribution is -2.18. The number of rotatable bonds is 6. The highest BCUT2D eigenvalue weighted by Crippen LogP contribution is 2.24. The van der Waals surface area contributed by atoms with Gasteiger partial charge in [0.25, 0.3) is 0 Å². The number of nitrogens with two attached hydrogens (primary N) is 1. The average Bonchev–Trinajstić information content (AvgIpc) is 2.53. The van der Waals surface area contributed by atoms with Crippen molar-refractivity contribution in [3.05, 3.63) is 59.7 Å². The first-order valence-corrected chi connectivity index (χ1v) is 6.47. The summed E-state index contributed by atoms with van der Waals surface area (Å²) in [6.07, 6.45) is -0.231. The molecular formula is C16H19NO3. The fourth-order valence-corrected chi connectivity index (χ4v) is 1.93. The molecule has 0 amide bonds. The van der Waals surface area contributed by atoms with Gasteiger partial charge in [0.15, 0.2) is 0 Å². The Balaban J connectivity index is 2.14. The summed E-state index contributed by atoms with van der Waals surface area (Å²) in [4.78, 5) is 0. The van der Waals surface area contributed by atoms with Gasteiger partial charge in [0.1, 0.15) is 17.6 Å². The van der Waals surface area contributed by atoms with E-state index in [9.17, 15) is 0 Å². The first kappa shape index (κ1) is 14.4. The van der Waals surface area contributed by atoms with Crippen LogP contribution in [-0.2, 0) is 6.61 Å². The second kappa shape index (κ2) is 6.93. The van der Waals surface area contributed by atoms with E-state index in [1.807, 2.05) is 48.5 Å². The SMILES string of the molecule is COc1cccc(C(CN)Oc2ccc(CO)cc2)c1. The minimum absolute atomic E-state index is 0.0243. The van der Waals surface area contributed by atoms with Gasteiger partial charge in [-0.3, -0.25) is 0 Å². The van der Waals surface area contributed by atoms with Gasteiger partial charge >= 0.3 is 0 Å². The smallest absolute Gasteiger partial charge is 0.136 e. The molecule has 0 radical (unpaired) electrons. The summed E-state index contributed by atoms with van der Waals surface area (Å²) in [5.41, 5.74) is 7.61. The van der Waals surface area contributed by atoms with Crippen LogP contribution in [0.4, 0.5) is 0 Å². The lowest BCUT2D eigenvalue weighted by molar-refractivity contribution is 0.213. The molecule has 1 unspecified atom stereocenters. The molecule has 2 aromatic carbocycles. The lowest BCUT2D eigenvalue weighted by atomic mass is 10.1. The van der Waals surface area contributed by atoms with Gasteiger partial charge in [-0.05, 0) is 35.4 Å². The molecule has 4 nitrogen and oxygen atoms in total. The zero-order valence-corrected chi connectivity index (χ0v) is 11.5. The Morgan fingerprint density at radius 2 is 1.85 bits per heavy atom. The number of methoxy groups -OCH3 is 1. The first-order chi connectivity index (χ1) is 9.76. The number of aliphatic hydroxyl groups is 1. The quantitative estimate of drug-likeness (QED) is 0.847. The van der Waals surface area contributed by atoms with E-state index in [1.165, 1.54) is 0 Å². The van der Waals surface area contributed by atoms with Gasteiger partial charge in [-0.25, -0.2) is 0 Å². The molecule has 0 bridgehead atoms. The van der Waals surface area contributed by atoms with Crippen molar-refractivity contribution in [2.24, 2.45) is 5.73 Å². The molecule has 3 N–H and O–H groups in total. The molecule has 2 rings (SSSR count). The van der Waals surface area contributed by atoms with Gasteiger partial charge in [0.2, 0.25) is 0 Å². The monoisotopic (exact) mass is 273 g/mol. The van der Waals surface area contributed by atoms with Crippen molar-refractivity contribution in [3.63, 3.8) is 0 Å². The van der Waals surface area contributed by atoms with E-state index >= 15 is 0 Å². The molecule has 0 aliphatic carbocycles. The van der Waals surface area contributed by atoms with Crippen molar-refractivity contribution < 1.29 is 14.6 Å². The fourth-order valence-electron chi connectivity index (χ4n) is 1.93. The Kier molecular flexibility index (Phi) is 4.98. The number of benzene rings is 2. The molecule has 0 aliphatic rings. The van der Waals surface area contributed by atoms with Crippen molar-refractivity contribution in [2.75, 3.05) is 13.7 Å². The van der Waals surface area contributed by atoms with E-state index in [0.29, 0.717) is 6.54 Å². The van der Waals surface area contributed by atoms with Crippen LogP contribution >= 0.6 is 0 Å². The van der Waals surface area contributed by atoms with Gasteiger partial charge in [-0.15, -0.1) is 0 Å². The molecule has 2 aromatic rings. The second-order valence-electron chi connectivity index (χ2n) is 4.42. The Hall–Kier alpha value is -2.04. The Morgan fingerprint density at radius 3 is 2.45 bits per heavy atom. The lowest BCUT2D eigenvalue weighted by Gasteiger charge is -2.18. The van der Waals surface area contributed by atoms with Crippen LogP contribution in [-0.4, -0.2) is 18.8 Å². The summed E-state index contributed by atoms with van der Waals surface area (Å²) in [6, 6.07) is 15.0. The fraction of sp³-hybridized carbons (Fsp3) is 0.250. The molecule has 0 heterocycles. The molecule has 1 atom stereocenters. The maximum atomic E-state index is 9.02. The van der Waals surface area contributed by atoms with E-state index in [2.05, 4.69) is 0 Å². The molecule has 0 aliphatic heterocycles. The third kappa shape index (κ3) is 3.50. The molecule has 0 saturated carbocycles. The predicted molar refractivity (Wildman–Crippen MR) is 77.8 cm³/mol. The van der Waals surface area contributed by atoms with Crippen LogP contribution in [0.1, 0.15) is 17.2 Å². The van der Waals surface area contributed by atoms with Gasteiger partial charge in [-0.2, -0.15) is 0 Å². The largest absolute Gasteiger partial charge is 0.497 e. The molecule has 0 saturated heterocycles. The molecule has 0 aromatic heterocycles. The summed E-state index contributed by atoms with van der Waals surface area (Å²) < 4.78 is 11.1. The van der Waals surface area contributed by atoms with Gasteiger partial charge in [-0.1, -0.05) is 24.3 Å². The first-order valence-electron chi connectivity index (χ1n) is 6.47. The van der Waals surface area contributed by atoms with Crippen LogP contribution in [0, 0.1) is 0 Å². The van der Waals surface area contributed by atoms with Crippen LogP contribution in [0.3, 0.4) is 0 Å². The minimum atomic E-state index is -0.231. The second-order valence-corrected chi connectivity index (χ2v) is 4.42. The summed E-state index contributed by atoms with van der Waals surface area (Å²) in [5, 5.41) is 9.02. The van der Waals surface area contributed by atoms with E-state index in [0.717, 1.165) is 22.6 Å². The highest BCUT2D eigenvalue weighted by molar-refractivity contribution is 5.32. The zero-order chi connectivity index (χ0) is 14.4. The van der Waals surface area contributed by atoms with E-state index in [1.54, 1.807) is 7.11 Å². The van der Waals surface area contributed by atoms with Crippen LogP contribution in [0.15, 0.2) is 48.5 Å². The van der Waals surface area contributed by atoms with Crippen LogP contribution < -0.4 is 15.2 Å². The molecule has 106 valence electrons. The molecule has 4 heteroatoms. The maximum absolute atomic E-state index is 9.02. The summed E-state index contributed by atoms with van der Waals surface area (Å²) >= 11 is 0. The average molecular weight is 273 g/mol. The molecular weight excluding hydrogens is 254 g/mol. The third-order valence-electron chi connectivity index (χ3n) is 3.06. The number of ether oxygens (including phenoxy) is 2. The standard InChI is InChI=1S/C16H19NO3/c1-19-15-4-2-3-13(9-15)16(10-17)20-14-7-5-12(11-18)6-8-14/h2-9,16,18H,10-11,17H2,1H3. The normalized spacial score (nSPS) is 11.9. The van der Waals surface area contributed by atoms with Crippen molar-refractivity contribution in [1.82, 2.24) is 0 Å². The summed E-state index contributed by atoms with van der Waals surface area (Å²) in [5.74, 6) is 1.50. The van der Waals surface area contributed by atoms with E-state index in [4.69, 9.17) is 20.3 Å². The molecule has 0 fully saturated rings. The van der Waals surface area contributed by atoms with Gasteiger partial charge < -0.3 is 20.3 Å². The van der Waals surface area contributed by atoms with E-state index in [-0.39, 0.29) is 12.7 Å². The highest BCUT2D eigenvalue weighted by Gasteiger charge is 2.12. The van der Waals surface area contributed by atoms with Gasteiger partial charge in [0, 0.05) is 6.54 Å². The number of hydrogen-bond donors (Lipinski definition) is 2. The van der Waals surface area contributed by atoms with Crippen LogP contribution in [0.5, 0.6) is 11.5 Å². The maximum Gasteiger partial charge on any atom is 0.136 e. The summed E-state index contributed by atoms with van der Waals surface area (Å²) in [6.45, 7) is 0.394. The topological polar surface area (TPSA) is 64.7 Å². The van der Waals surface area contributed by atoms with E-state index < -0.39 is 0 Å². The Bertz CT molecular complexity index is 540. The highest BCUT2D eigenvalue weighted by atomic mass is 16.5. The van der Waals surface area contributed by atoms with Gasteiger partial charge in [0.05, 0.1) is 13.7 Å². The third-order valence-corrected chi connectivity index (χ3v) is 3.06. The Labute approximate surface area is 118 Å². The zero-order valence-electron chi connectivity index (χ0n) is 11.5. The van der Waals surface area contributed by atoms with Crippen LogP contribution in [0.25, 0.3) is 0 Å². The molecule has 20 heavy (non-hydrogen) atoms. The van der Waals surface area contributed by atoms with Crippen molar-refractivity contribution in [3.8, 4) is 11.5 Å². The van der Waals surface area contributed by atoms with Crippen LogP contribution in [0.2, 0.25) is 0 Å². The predicted octanol–water partition coefficient (Wildman–Crippen LogP) is 2.27. The van der Waals surface area contributed by atoms with Crippen molar-refractivity contribution in [2.45, 2.75) is 12.7 Å². The number of hydrogen-bond acceptors (Lipinski definition) is 4. The van der Waals surface area contributed by atoms with Crippen molar-refractivity contribution >= 4 is 0 Å². The molecule has 0 spiro atoms. The minimum Gasteiger partial charge on any atom is -0.497 e. The van der Waals surface area contributed by atoms with Crippen molar-refractivity contribution in [1.29, 1.82) is 0 Å².